The second kappa shape index (κ2) is 40.0. The maximum atomic E-state index is 12.3. The van der Waals surface area contributed by atoms with E-state index in [4.69, 9.17) is 29.6 Å². The minimum absolute atomic E-state index is 0.0587. The molecule has 1 unspecified atom stereocenters. The number of piperazine rings is 1. The molecule has 3 atom stereocenters. The largest absolute Gasteiger partial charge is 0.481 e. The summed E-state index contributed by atoms with van der Waals surface area (Å²) in [5.74, 6) is -5.08. The first-order valence-electron chi connectivity index (χ1n) is 29.1. The number of urea groups is 1. The number of aliphatic carboxylic acids is 6. The molecule has 85 heavy (non-hydrogen) atoms. The molecular formula is C56H89N13O16. The number of unbranched alkanes of at least 4 members (excludes halogenated alkanes) is 8. The monoisotopic (exact) mass is 1200 g/mol. The van der Waals surface area contributed by atoms with Gasteiger partial charge in [-0.1, -0.05) is 62.8 Å². The summed E-state index contributed by atoms with van der Waals surface area (Å²) < 4.78 is 0. The molecule has 2 aromatic rings. The number of carboxylic acids is 6. The molecular weight excluding hydrogens is 1110 g/mol. The lowest BCUT2D eigenvalue weighted by Crippen LogP contribution is -2.52. The van der Waals surface area contributed by atoms with Crippen LogP contribution in [-0.2, 0) is 56.0 Å². The first-order chi connectivity index (χ1) is 40.5. The van der Waals surface area contributed by atoms with Gasteiger partial charge >= 0.3 is 48.0 Å². The highest BCUT2D eigenvalue weighted by Crippen LogP contribution is 2.20. The third kappa shape index (κ3) is 30.8. The fourth-order valence-electron chi connectivity index (χ4n) is 9.96. The van der Waals surface area contributed by atoms with E-state index in [0.717, 1.165) is 95.2 Å². The predicted molar refractivity (Wildman–Crippen MR) is 309 cm³/mol. The van der Waals surface area contributed by atoms with E-state index in [9.17, 15) is 63.9 Å². The standard InChI is InChI=1S/C55H89N13O14.CO2/c1-62(2)53-59-45(35-41-18-16-40(17-19-41)34-42-36-63(3)24-25-65(37-48(72)73)26-27-66(38-49(74)75)30-33-68(42)39-50(76)77)60-54(61-53)67-31-28-64(29-32-67)23-13-9-7-5-4-6-8-10-15-46(69)56-22-12-11-14-43(51(78)79)57-55(82)58-44(52(80)81)20-21-47(70)71;2-1-3/h16-19,42-44H,4-15,20-39H2,1-3H3,(H,56,69)(H,70,71)(H,72,73)(H,74,75)(H,76,77)(H,78,79)(H,80,81)(H2,57,58,82);/t42?,43-,44-;/m0./s1. The molecule has 29 nitrogen and oxygen atoms in total. The number of nitrogens with one attached hydrogen (secondary N) is 3. The van der Waals surface area contributed by atoms with Crippen LogP contribution in [0.25, 0.3) is 0 Å². The molecule has 29 heteroatoms. The molecule has 2 aliphatic heterocycles. The maximum Gasteiger partial charge on any atom is 0.373 e. The van der Waals surface area contributed by atoms with Gasteiger partial charge in [-0.15, -0.1) is 0 Å². The van der Waals surface area contributed by atoms with Crippen molar-refractivity contribution >= 4 is 65.8 Å². The number of hydrogen-bond acceptors (Lipinski definition) is 20. The molecule has 0 bridgehead atoms. The minimum Gasteiger partial charge on any atom is -0.481 e. The summed E-state index contributed by atoms with van der Waals surface area (Å²) in [6.07, 6.45) is 10.2. The summed E-state index contributed by atoms with van der Waals surface area (Å²) in [4.78, 5) is 139. The second-order valence-electron chi connectivity index (χ2n) is 21.7. The Morgan fingerprint density at radius 2 is 1.11 bits per heavy atom. The Morgan fingerprint density at radius 3 is 1.66 bits per heavy atom. The van der Waals surface area contributed by atoms with E-state index in [0.29, 0.717) is 102 Å². The molecule has 3 heterocycles. The van der Waals surface area contributed by atoms with Crippen molar-refractivity contribution < 1.29 is 78.6 Å². The Kier molecular flexibility index (Phi) is 33.8. The zero-order chi connectivity index (χ0) is 62.7. The predicted octanol–water partition coefficient (Wildman–Crippen LogP) is 0.951. The zero-order valence-electron chi connectivity index (χ0n) is 49.4. The summed E-state index contributed by atoms with van der Waals surface area (Å²) >= 11 is 0. The fraction of sp³-hybridized carbons (Fsp3) is 0.679. The third-order valence-electron chi connectivity index (χ3n) is 14.6. The van der Waals surface area contributed by atoms with Crippen molar-refractivity contribution in [3.8, 4) is 0 Å². The number of hydrogen-bond donors (Lipinski definition) is 9. The summed E-state index contributed by atoms with van der Waals surface area (Å²) in [7, 11) is 5.77. The number of aromatic nitrogens is 3. The average molecular weight is 1200 g/mol. The zero-order valence-corrected chi connectivity index (χ0v) is 49.4. The minimum atomic E-state index is -1.48. The Labute approximate surface area is 496 Å². The summed E-state index contributed by atoms with van der Waals surface area (Å²) in [6, 6.07) is 4.17. The van der Waals surface area contributed by atoms with Gasteiger partial charge in [0.25, 0.3) is 0 Å². The van der Waals surface area contributed by atoms with Gasteiger partial charge in [0.05, 0.1) is 19.6 Å². The van der Waals surface area contributed by atoms with Crippen LogP contribution in [-0.4, -0.2) is 268 Å². The van der Waals surface area contributed by atoms with Gasteiger partial charge in [-0.25, -0.2) is 14.4 Å². The van der Waals surface area contributed by atoms with E-state index in [-0.39, 0.29) is 50.6 Å². The average Bonchev–Trinajstić information content (AvgIpc) is 3.65. The number of nitrogens with zero attached hydrogens (tertiary/aromatic N) is 10. The number of carbonyl (C=O) groups is 8. The Bertz CT molecular complexity index is 2440. The van der Waals surface area contributed by atoms with Gasteiger partial charge in [0.1, 0.15) is 17.9 Å². The lowest BCUT2D eigenvalue weighted by atomic mass is 10.0. The van der Waals surface area contributed by atoms with Gasteiger partial charge in [0.2, 0.25) is 17.8 Å². The van der Waals surface area contributed by atoms with Gasteiger partial charge in [-0.2, -0.15) is 24.5 Å². The summed E-state index contributed by atoms with van der Waals surface area (Å²) in [5, 5.41) is 63.7. The maximum absolute atomic E-state index is 12.3. The highest BCUT2D eigenvalue weighted by Gasteiger charge is 2.28. The van der Waals surface area contributed by atoms with Crippen LogP contribution in [0.5, 0.6) is 0 Å². The molecule has 1 aromatic heterocycles. The SMILES string of the molecule is CN1CCN(CC(=O)O)CCN(CC(=O)O)CCN(CC(=O)O)C(Cc2ccc(Cc3nc(N(C)C)nc(N4CCN(CCCCCCCCCCC(=O)NCCCC[C@H](NC(=O)N[C@@H](CCC(=O)O)C(=O)O)C(=O)O)CC4)n3)cc2)C1.O=C=O. The first-order valence-corrected chi connectivity index (χ1v) is 29.1. The summed E-state index contributed by atoms with van der Waals surface area (Å²) in [5.41, 5.74) is 2.02. The molecule has 0 aliphatic carbocycles. The molecule has 2 saturated heterocycles. The number of likely N-dealkylation sites (N-methyl/N-ethyl adjacent to an activating group) is 1. The van der Waals surface area contributed by atoms with Crippen molar-refractivity contribution in [2.75, 3.05) is 136 Å². The van der Waals surface area contributed by atoms with Gasteiger partial charge in [0.15, 0.2) is 0 Å². The fourth-order valence-corrected chi connectivity index (χ4v) is 9.96. The lowest BCUT2D eigenvalue weighted by molar-refractivity contribution is -0.192. The molecule has 0 saturated carbocycles. The van der Waals surface area contributed by atoms with Crippen molar-refractivity contribution in [3.05, 3.63) is 41.2 Å². The first kappa shape index (κ1) is 71.8. The van der Waals surface area contributed by atoms with E-state index >= 15 is 0 Å². The van der Waals surface area contributed by atoms with Crippen molar-refractivity contribution in [1.82, 2.24) is 55.4 Å². The van der Waals surface area contributed by atoms with Crippen LogP contribution in [0.15, 0.2) is 24.3 Å². The Morgan fingerprint density at radius 1 is 0.588 bits per heavy atom. The van der Waals surface area contributed by atoms with E-state index < -0.39 is 60.4 Å². The molecule has 1 aromatic carbocycles. The highest BCUT2D eigenvalue weighted by molar-refractivity contribution is 5.86. The number of anilines is 2. The van der Waals surface area contributed by atoms with Crippen molar-refractivity contribution in [2.45, 2.75) is 121 Å². The normalized spacial score (nSPS) is 16.6. The van der Waals surface area contributed by atoms with Gasteiger partial charge in [-0.05, 0) is 69.7 Å². The van der Waals surface area contributed by atoms with Crippen molar-refractivity contribution in [2.24, 2.45) is 0 Å². The highest BCUT2D eigenvalue weighted by atomic mass is 16.4. The lowest BCUT2D eigenvalue weighted by Gasteiger charge is -2.37. The molecule has 9 N–H and O–H groups in total. The van der Waals surface area contributed by atoms with Gasteiger partial charge in [0, 0.05) is 118 Å². The molecule has 474 valence electrons. The molecule has 4 rings (SSSR count). The van der Waals surface area contributed by atoms with Crippen LogP contribution in [0.2, 0.25) is 0 Å². The third-order valence-corrected chi connectivity index (χ3v) is 14.6. The van der Waals surface area contributed by atoms with E-state index in [2.05, 4.69) is 30.7 Å². The van der Waals surface area contributed by atoms with Gasteiger partial charge < -0.3 is 61.3 Å². The molecule has 0 radical (unpaired) electrons. The Hall–Kier alpha value is -7.43. The van der Waals surface area contributed by atoms with E-state index in [1.807, 2.05) is 60.1 Å². The Balaban J connectivity index is 0.00000617. The van der Waals surface area contributed by atoms with Crippen LogP contribution >= 0.6 is 0 Å². The number of benzene rings is 1. The van der Waals surface area contributed by atoms with Crippen LogP contribution in [0.4, 0.5) is 16.7 Å². The number of amides is 3. The molecule has 2 fully saturated rings. The van der Waals surface area contributed by atoms with Gasteiger partial charge in [-0.3, -0.25) is 43.6 Å². The van der Waals surface area contributed by atoms with Crippen LogP contribution in [0.1, 0.15) is 107 Å². The number of carboxylic acid groups (broad SMARTS) is 6. The van der Waals surface area contributed by atoms with Crippen molar-refractivity contribution in [1.29, 1.82) is 0 Å². The van der Waals surface area contributed by atoms with Crippen LogP contribution in [0, 0.1) is 0 Å². The molecule has 0 spiro atoms. The number of rotatable bonds is 35. The second-order valence-corrected chi connectivity index (χ2v) is 21.7. The summed E-state index contributed by atoms with van der Waals surface area (Å²) in [6.45, 7) is 7.06. The van der Waals surface area contributed by atoms with Crippen molar-refractivity contribution in [3.63, 3.8) is 0 Å². The van der Waals surface area contributed by atoms with Crippen LogP contribution in [0.3, 0.4) is 0 Å². The molecule has 2 aliphatic rings. The quantitative estimate of drug-likeness (QED) is 0.0434. The number of carbonyl (C=O) groups excluding carboxylic acids is 4. The topological polar surface area (TPSA) is 390 Å². The van der Waals surface area contributed by atoms with E-state index in [1.54, 1.807) is 4.90 Å². The van der Waals surface area contributed by atoms with Crippen LogP contribution < -0.4 is 25.8 Å². The smallest absolute Gasteiger partial charge is 0.373 e. The molecule has 3 amide bonds. The van der Waals surface area contributed by atoms with E-state index in [1.165, 1.54) is 0 Å².